The first-order chi connectivity index (χ1) is 6.83. The van der Waals surface area contributed by atoms with Crippen LogP contribution in [0.3, 0.4) is 0 Å². The van der Waals surface area contributed by atoms with Gasteiger partial charge in [0, 0.05) is 31.6 Å². The first kappa shape index (κ1) is 9.97. The molecule has 0 radical (unpaired) electrons. The highest BCUT2D eigenvalue weighted by atomic mass is 16.2. The van der Waals surface area contributed by atoms with Crippen LogP contribution in [0.15, 0.2) is 0 Å². The standard InChI is InChI=1S/C11H20N2O/c1-2-3-4-9-7-10-8-12-5-6-13(10)11(9)14/h9-10,12H,2-8H2,1H3/t9?,10-/m1/s1. The average molecular weight is 196 g/mol. The maximum absolute atomic E-state index is 11.9. The average Bonchev–Trinajstić information content (AvgIpc) is 2.54. The van der Waals surface area contributed by atoms with E-state index < -0.39 is 0 Å². The van der Waals surface area contributed by atoms with Gasteiger partial charge in [-0.25, -0.2) is 0 Å². The normalized spacial score (nSPS) is 32.1. The molecule has 2 heterocycles. The van der Waals surface area contributed by atoms with E-state index in [1.807, 2.05) is 0 Å². The number of carbonyl (C=O) groups is 1. The van der Waals surface area contributed by atoms with Gasteiger partial charge in [0.2, 0.25) is 5.91 Å². The summed E-state index contributed by atoms with van der Waals surface area (Å²) in [6.07, 6.45) is 4.59. The van der Waals surface area contributed by atoms with Gasteiger partial charge >= 0.3 is 0 Å². The molecule has 80 valence electrons. The molecule has 2 fully saturated rings. The van der Waals surface area contributed by atoms with Crippen LogP contribution in [0.4, 0.5) is 0 Å². The summed E-state index contributed by atoms with van der Waals surface area (Å²) in [4.78, 5) is 14.0. The number of fused-ring (bicyclic) bond motifs is 1. The summed E-state index contributed by atoms with van der Waals surface area (Å²) in [5.74, 6) is 0.754. The highest BCUT2D eigenvalue weighted by molar-refractivity contribution is 5.81. The van der Waals surface area contributed by atoms with E-state index in [1.54, 1.807) is 0 Å². The van der Waals surface area contributed by atoms with E-state index >= 15 is 0 Å². The Hall–Kier alpha value is -0.570. The van der Waals surface area contributed by atoms with Gasteiger partial charge in [-0.1, -0.05) is 19.8 Å². The van der Waals surface area contributed by atoms with Crippen molar-refractivity contribution in [2.24, 2.45) is 5.92 Å². The van der Waals surface area contributed by atoms with Gasteiger partial charge in [-0.2, -0.15) is 0 Å². The molecule has 3 nitrogen and oxygen atoms in total. The van der Waals surface area contributed by atoms with Crippen LogP contribution >= 0.6 is 0 Å². The Morgan fingerprint density at radius 2 is 2.43 bits per heavy atom. The van der Waals surface area contributed by atoms with E-state index in [0.29, 0.717) is 17.9 Å². The van der Waals surface area contributed by atoms with Crippen molar-refractivity contribution < 1.29 is 4.79 Å². The van der Waals surface area contributed by atoms with Gasteiger partial charge in [-0.15, -0.1) is 0 Å². The molecule has 2 rings (SSSR count). The van der Waals surface area contributed by atoms with Gasteiger partial charge in [0.15, 0.2) is 0 Å². The Balaban J connectivity index is 1.92. The van der Waals surface area contributed by atoms with Crippen LogP contribution in [0.5, 0.6) is 0 Å². The summed E-state index contributed by atoms with van der Waals surface area (Å²) in [6, 6.07) is 0.498. The first-order valence-electron chi connectivity index (χ1n) is 5.84. The molecule has 1 N–H and O–H groups in total. The highest BCUT2D eigenvalue weighted by Crippen LogP contribution is 2.29. The van der Waals surface area contributed by atoms with Crippen molar-refractivity contribution in [2.75, 3.05) is 19.6 Å². The van der Waals surface area contributed by atoms with Crippen LogP contribution in [0.2, 0.25) is 0 Å². The number of carbonyl (C=O) groups excluding carboxylic acids is 1. The molecule has 2 atom stereocenters. The molecule has 0 saturated carbocycles. The molecule has 0 aliphatic carbocycles. The van der Waals surface area contributed by atoms with Crippen molar-refractivity contribution in [3.05, 3.63) is 0 Å². The fraction of sp³-hybridized carbons (Fsp3) is 0.909. The number of nitrogens with zero attached hydrogens (tertiary/aromatic N) is 1. The topological polar surface area (TPSA) is 32.3 Å². The third-order valence-corrected chi connectivity index (χ3v) is 3.45. The molecule has 0 bridgehead atoms. The number of amides is 1. The Bertz CT molecular complexity index is 217. The molecular weight excluding hydrogens is 176 g/mol. The van der Waals surface area contributed by atoms with Crippen LogP contribution < -0.4 is 5.32 Å². The molecule has 2 aliphatic rings. The summed E-state index contributed by atoms with van der Waals surface area (Å²) >= 11 is 0. The van der Waals surface area contributed by atoms with E-state index in [9.17, 15) is 4.79 Å². The molecule has 0 spiro atoms. The highest BCUT2D eigenvalue weighted by Gasteiger charge is 2.39. The smallest absolute Gasteiger partial charge is 0.226 e. The van der Waals surface area contributed by atoms with Crippen molar-refractivity contribution in [1.29, 1.82) is 0 Å². The number of hydrogen-bond donors (Lipinski definition) is 1. The van der Waals surface area contributed by atoms with Crippen molar-refractivity contribution in [3.63, 3.8) is 0 Å². The molecule has 0 aromatic carbocycles. The largest absolute Gasteiger partial charge is 0.337 e. The SMILES string of the molecule is CCCCC1C[C@@H]2CNCCN2C1=O. The van der Waals surface area contributed by atoms with Crippen molar-refractivity contribution in [3.8, 4) is 0 Å². The second kappa shape index (κ2) is 4.30. The van der Waals surface area contributed by atoms with E-state index in [4.69, 9.17) is 0 Å². The van der Waals surface area contributed by atoms with E-state index in [2.05, 4.69) is 17.1 Å². The second-order valence-electron chi connectivity index (χ2n) is 4.46. The fourth-order valence-corrected chi connectivity index (χ4v) is 2.62. The van der Waals surface area contributed by atoms with Crippen LogP contribution in [0.25, 0.3) is 0 Å². The summed E-state index contributed by atoms with van der Waals surface area (Å²) in [6.45, 7) is 5.09. The Kier molecular flexibility index (Phi) is 3.06. The molecule has 1 amide bonds. The summed E-state index contributed by atoms with van der Waals surface area (Å²) < 4.78 is 0. The van der Waals surface area contributed by atoms with Crippen molar-refractivity contribution in [2.45, 2.75) is 38.6 Å². The van der Waals surface area contributed by atoms with Crippen LogP contribution in [0, 0.1) is 5.92 Å². The third-order valence-electron chi connectivity index (χ3n) is 3.45. The lowest BCUT2D eigenvalue weighted by molar-refractivity contribution is -0.132. The Morgan fingerprint density at radius 3 is 3.14 bits per heavy atom. The molecule has 2 aliphatic heterocycles. The molecule has 0 aromatic rings. The Labute approximate surface area is 85.8 Å². The minimum absolute atomic E-state index is 0.333. The third kappa shape index (κ3) is 1.78. The number of rotatable bonds is 3. The number of piperazine rings is 1. The van der Waals surface area contributed by atoms with Crippen molar-refractivity contribution in [1.82, 2.24) is 10.2 Å². The van der Waals surface area contributed by atoms with Gasteiger partial charge < -0.3 is 10.2 Å². The molecule has 3 heteroatoms. The molecule has 14 heavy (non-hydrogen) atoms. The van der Waals surface area contributed by atoms with Crippen molar-refractivity contribution >= 4 is 5.91 Å². The quantitative estimate of drug-likeness (QED) is 0.730. The molecule has 1 unspecified atom stereocenters. The second-order valence-corrected chi connectivity index (χ2v) is 4.46. The van der Waals surface area contributed by atoms with Crippen LogP contribution in [-0.2, 0) is 4.79 Å². The maximum Gasteiger partial charge on any atom is 0.226 e. The molecular formula is C11H20N2O. The van der Waals surface area contributed by atoms with E-state index in [1.165, 1.54) is 12.8 Å². The molecule has 0 aromatic heterocycles. The van der Waals surface area contributed by atoms with Gasteiger partial charge in [0.05, 0.1) is 0 Å². The minimum Gasteiger partial charge on any atom is -0.337 e. The number of nitrogens with one attached hydrogen (secondary N) is 1. The fourth-order valence-electron chi connectivity index (χ4n) is 2.62. The van der Waals surface area contributed by atoms with Crippen LogP contribution in [0.1, 0.15) is 32.6 Å². The summed E-state index contributed by atoms with van der Waals surface area (Å²) in [5, 5.41) is 3.36. The monoisotopic (exact) mass is 196 g/mol. The lowest BCUT2D eigenvalue weighted by atomic mass is 9.98. The Morgan fingerprint density at radius 1 is 1.57 bits per heavy atom. The zero-order valence-electron chi connectivity index (χ0n) is 8.96. The zero-order chi connectivity index (χ0) is 9.97. The van der Waals surface area contributed by atoms with Gasteiger partial charge in [0.25, 0.3) is 0 Å². The first-order valence-corrected chi connectivity index (χ1v) is 5.84. The minimum atomic E-state index is 0.333. The maximum atomic E-state index is 11.9. The zero-order valence-corrected chi connectivity index (χ0v) is 8.96. The lowest BCUT2D eigenvalue weighted by Gasteiger charge is -2.30. The predicted molar refractivity (Wildman–Crippen MR) is 56.0 cm³/mol. The van der Waals surface area contributed by atoms with Gasteiger partial charge in [-0.3, -0.25) is 4.79 Å². The van der Waals surface area contributed by atoms with Gasteiger partial charge in [-0.05, 0) is 12.8 Å². The molecule has 2 saturated heterocycles. The summed E-state index contributed by atoms with van der Waals surface area (Å²) in [7, 11) is 0. The summed E-state index contributed by atoms with van der Waals surface area (Å²) in [5.41, 5.74) is 0. The predicted octanol–water partition coefficient (Wildman–Crippen LogP) is 0.997. The lowest BCUT2D eigenvalue weighted by Crippen LogP contribution is -2.49. The van der Waals surface area contributed by atoms with E-state index in [-0.39, 0.29) is 0 Å². The number of unbranched alkanes of at least 4 members (excludes halogenated alkanes) is 1. The van der Waals surface area contributed by atoms with Gasteiger partial charge in [0.1, 0.15) is 0 Å². The number of hydrogen-bond acceptors (Lipinski definition) is 2. The van der Waals surface area contributed by atoms with E-state index in [0.717, 1.165) is 32.5 Å². The van der Waals surface area contributed by atoms with Crippen LogP contribution in [-0.4, -0.2) is 36.5 Å².